The molecule has 2 aliphatic rings. The van der Waals surface area contributed by atoms with Gasteiger partial charge in [0, 0.05) is 60.2 Å². The fraction of sp³-hybridized carbons (Fsp3) is 0.350. The molecule has 0 bridgehead atoms. The second-order valence-electron chi connectivity index (χ2n) is 13.8. The number of rotatable bonds is 8. The van der Waals surface area contributed by atoms with Gasteiger partial charge in [-0.15, -0.1) is 0 Å². The van der Waals surface area contributed by atoms with Crippen molar-refractivity contribution in [3.63, 3.8) is 0 Å². The quantitative estimate of drug-likeness (QED) is 0.172. The van der Waals surface area contributed by atoms with Gasteiger partial charge < -0.3 is 28.5 Å². The minimum absolute atomic E-state index is 0.0258. The van der Waals surface area contributed by atoms with Gasteiger partial charge in [-0.3, -0.25) is 9.59 Å². The molecule has 1 amide bonds. The molecule has 256 valence electrons. The summed E-state index contributed by atoms with van der Waals surface area (Å²) in [5.74, 6) is 1.98. The molecule has 6 aromatic rings. The second-order valence-corrected chi connectivity index (χ2v) is 13.8. The zero-order valence-electron chi connectivity index (χ0n) is 28.9. The summed E-state index contributed by atoms with van der Waals surface area (Å²) in [6.07, 6.45) is 5.60. The number of methoxy groups -OCH3 is 2. The van der Waals surface area contributed by atoms with Crippen LogP contribution >= 0.6 is 0 Å². The molecule has 10 nitrogen and oxygen atoms in total. The summed E-state index contributed by atoms with van der Waals surface area (Å²) in [5, 5.41) is 1.69. The van der Waals surface area contributed by atoms with Gasteiger partial charge in [-0.1, -0.05) is 37.6 Å². The van der Waals surface area contributed by atoms with Crippen molar-refractivity contribution in [3.05, 3.63) is 82.1 Å². The van der Waals surface area contributed by atoms with E-state index in [0.717, 1.165) is 77.1 Å². The van der Waals surface area contributed by atoms with Crippen LogP contribution in [0.3, 0.4) is 0 Å². The highest BCUT2D eigenvalue weighted by atomic mass is 16.5. The number of para-hydroxylation sites is 1. The molecule has 0 unspecified atom stereocenters. The second kappa shape index (κ2) is 12.5. The third kappa shape index (κ3) is 5.43. The number of carbonyl (C=O) groups is 2. The van der Waals surface area contributed by atoms with Crippen LogP contribution in [0.15, 0.2) is 65.5 Å². The van der Waals surface area contributed by atoms with E-state index in [1.807, 2.05) is 48.3 Å². The molecule has 3 aromatic heterocycles. The predicted molar refractivity (Wildman–Crippen MR) is 195 cm³/mol. The smallest absolute Gasteiger partial charge is 0.338 e. The lowest BCUT2D eigenvalue weighted by molar-refractivity contribution is 0.0602. The number of aromatic nitrogens is 4. The summed E-state index contributed by atoms with van der Waals surface area (Å²) >= 11 is 0. The molecule has 50 heavy (non-hydrogen) atoms. The van der Waals surface area contributed by atoms with Gasteiger partial charge in [0.1, 0.15) is 11.3 Å². The maximum Gasteiger partial charge on any atom is 0.338 e. The SMILES string of the molecule is CC[C@@H]1CCCN(C(=O)c2cc(OC)c3c(c2)nc(-c2cc4cccc(-c5ccc6[nH]c(=O)cc(C(=O)OC)c6c5)c4n2CC2CC2)n3C)C1. The summed E-state index contributed by atoms with van der Waals surface area (Å²) < 4.78 is 15.4. The first-order valence-electron chi connectivity index (χ1n) is 17.5. The Morgan fingerprint density at radius 1 is 0.980 bits per heavy atom. The van der Waals surface area contributed by atoms with E-state index in [0.29, 0.717) is 34.1 Å². The van der Waals surface area contributed by atoms with Crippen molar-refractivity contribution in [2.24, 2.45) is 18.9 Å². The monoisotopic (exact) mass is 671 g/mol. The Bertz CT molecular complexity index is 2380. The van der Waals surface area contributed by atoms with Gasteiger partial charge in [0.25, 0.3) is 5.91 Å². The van der Waals surface area contributed by atoms with E-state index in [1.165, 1.54) is 32.4 Å². The lowest BCUT2D eigenvalue weighted by Gasteiger charge is -2.32. The number of pyridine rings is 1. The van der Waals surface area contributed by atoms with Crippen LogP contribution in [0.2, 0.25) is 0 Å². The molecule has 4 heterocycles. The summed E-state index contributed by atoms with van der Waals surface area (Å²) in [5.41, 5.74) is 6.57. The van der Waals surface area contributed by atoms with Crippen molar-refractivity contribution in [2.45, 2.75) is 45.6 Å². The number of nitrogens with zero attached hydrogens (tertiary/aromatic N) is 4. The summed E-state index contributed by atoms with van der Waals surface area (Å²) in [6.45, 7) is 4.58. The maximum atomic E-state index is 13.8. The van der Waals surface area contributed by atoms with E-state index in [1.54, 1.807) is 7.11 Å². The number of aromatic amines is 1. The maximum absolute atomic E-state index is 13.8. The van der Waals surface area contributed by atoms with Gasteiger partial charge in [0.05, 0.1) is 36.5 Å². The molecule has 3 aromatic carbocycles. The molecule has 1 saturated carbocycles. The van der Waals surface area contributed by atoms with Crippen molar-refractivity contribution in [2.75, 3.05) is 27.3 Å². The van der Waals surface area contributed by atoms with Gasteiger partial charge in [-0.25, -0.2) is 9.78 Å². The summed E-state index contributed by atoms with van der Waals surface area (Å²) in [4.78, 5) is 48.8. The number of hydrogen-bond acceptors (Lipinski definition) is 6. The van der Waals surface area contributed by atoms with E-state index >= 15 is 0 Å². The first-order chi connectivity index (χ1) is 24.3. The standard InChI is InChI=1S/C40H41N5O5/c1-5-23-8-7-15-44(21-23)39(47)27-17-32-37(34(19-27)49-3)43(2)38(42-32)33-18-26-9-6-10-28(36(26)45(33)22-24-11-12-24)25-13-14-31-29(16-25)30(40(48)50-4)20-35(46)41-31/h6,9-10,13-14,16-20,23-24H,5,7-8,11-12,15,21-22H2,1-4H3,(H,41,46)/t23-/m1/s1. The average molecular weight is 672 g/mol. The third-order valence-corrected chi connectivity index (χ3v) is 10.6. The van der Waals surface area contributed by atoms with Crippen LogP contribution in [0.25, 0.3) is 55.5 Å². The number of imidazole rings is 1. The Balaban J connectivity index is 1.28. The van der Waals surface area contributed by atoms with Crippen molar-refractivity contribution in [1.29, 1.82) is 0 Å². The zero-order chi connectivity index (χ0) is 34.7. The van der Waals surface area contributed by atoms with Crippen molar-refractivity contribution in [3.8, 4) is 28.4 Å². The number of fused-ring (bicyclic) bond motifs is 3. The number of H-pyrrole nitrogens is 1. The Morgan fingerprint density at radius 2 is 1.82 bits per heavy atom. The Kier molecular flexibility index (Phi) is 7.96. The molecule has 1 aliphatic carbocycles. The fourth-order valence-electron chi connectivity index (χ4n) is 7.78. The van der Waals surface area contributed by atoms with Gasteiger partial charge in [0.2, 0.25) is 5.56 Å². The average Bonchev–Trinajstić information content (AvgIpc) is 3.81. The molecule has 0 spiro atoms. The van der Waals surface area contributed by atoms with E-state index in [2.05, 4.69) is 39.2 Å². The molecular formula is C40H41N5O5. The van der Waals surface area contributed by atoms with E-state index in [-0.39, 0.29) is 17.0 Å². The fourth-order valence-corrected chi connectivity index (χ4v) is 7.78. The molecule has 1 saturated heterocycles. The minimum Gasteiger partial charge on any atom is -0.494 e. The first-order valence-corrected chi connectivity index (χ1v) is 17.5. The van der Waals surface area contributed by atoms with Crippen molar-refractivity contribution >= 4 is 44.7 Å². The van der Waals surface area contributed by atoms with Crippen LogP contribution in [0.5, 0.6) is 5.75 Å². The number of benzene rings is 3. The number of piperidine rings is 1. The van der Waals surface area contributed by atoms with Crippen LogP contribution in [0.1, 0.15) is 59.7 Å². The molecule has 10 heteroatoms. The van der Waals surface area contributed by atoms with E-state index in [9.17, 15) is 14.4 Å². The number of amides is 1. The Morgan fingerprint density at radius 3 is 2.58 bits per heavy atom. The van der Waals surface area contributed by atoms with Crippen molar-refractivity contribution < 1.29 is 19.1 Å². The van der Waals surface area contributed by atoms with Gasteiger partial charge in [0.15, 0.2) is 5.82 Å². The van der Waals surface area contributed by atoms with Crippen molar-refractivity contribution in [1.82, 2.24) is 24.0 Å². The molecule has 0 radical (unpaired) electrons. The highest BCUT2D eigenvalue weighted by Gasteiger charge is 2.29. The summed E-state index contributed by atoms with van der Waals surface area (Å²) in [7, 11) is 4.96. The van der Waals surface area contributed by atoms with Crippen LogP contribution in [-0.4, -0.2) is 63.2 Å². The summed E-state index contributed by atoms with van der Waals surface area (Å²) in [6, 6.07) is 19.3. The van der Waals surface area contributed by atoms with Crippen LogP contribution in [-0.2, 0) is 18.3 Å². The number of likely N-dealkylation sites (tertiary alicyclic amines) is 1. The number of carbonyl (C=O) groups excluding carboxylic acids is 2. The normalized spacial score (nSPS) is 16.4. The molecular weight excluding hydrogens is 630 g/mol. The predicted octanol–water partition coefficient (Wildman–Crippen LogP) is 7.17. The van der Waals surface area contributed by atoms with E-state index < -0.39 is 5.97 Å². The Hall–Kier alpha value is -5.38. The number of nitrogens with one attached hydrogen (secondary N) is 1. The Labute approximate surface area is 289 Å². The van der Waals surface area contributed by atoms with Gasteiger partial charge in [-0.05, 0) is 73.4 Å². The molecule has 1 aliphatic heterocycles. The van der Waals surface area contributed by atoms with Crippen LogP contribution < -0.4 is 10.3 Å². The zero-order valence-corrected chi connectivity index (χ0v) is 28.9. The van der Waals surface area contributed by atoms with Gasteiger partial charge >= 0.3 is 5.97 Å². The highest BCUT2D eigenvalue weighted by molar-refractivity contribution is 6.06. The molecule has 1 atom stereocenters. The first kappa shape index (κ1) is 31.9. The lowest BCUT2D eigenvalue weighted by Crippen LogP contribution is -2.39. The van der Waals surface area contributed by atoms with E-state index in [4.69, 9.17) is 14.5 Å². The van der Waals surface area contributed by atoms with Crippen LogP contribution in [0.4, 0.5) is 0 Å². The minimum atomic E-state index is -0.556. The number of aryl methyl sites for hydroxylation is 1. The third-order valence-electron chi connectivity index (χ3n) is 10.6. The van der Waals surface area contributed by atoms with Crippen LogP contribution in [0, 0.1) is 11.8 Å². The highest BCUT2D eigenvalue weighted by Crippen LogP contribution is 2.41. The molecule has 8 rings (SSSR count). The lowest BCUT2D eigenvalue weighted by atomic mass is 9.95. The molecule has 2 fully saturated rings. The number of hydrogen-bond donors (Lipinski definition) is 1. The van der Waals surface area contributed by atoms with Gasteiger partial charge in [-0.2, -0.15) is 0 Å². The number of esters is 1. The largest absolute Gasteiger partial charge is 0.494 e. The molecule has 1 N–H and O–H groups in total. The number of ether oxygens (including phenoxy) is 2. The topological polar surface area (TPSA) is 111 Å².